The average molecular weight is 384 g/mol. The molecule has 8 heteroatoms. The van der Waals surface area contributed by atoms with Gasteiger partial charge in [-0.3, -0.25) is 5.10 Å². The molecular formula is C20H25FN6O. The van der Waals surface area contributed by atoms with Crippen molar-refractivity contribution >= 4 is 16.7 Å². The number of nitrogens with one attached hydrogen (secondary N) is 1. The van der Waals surface area contributed by atoms with Crippen molar-refractivity contribution in [1.82, 2.24) is 25.1 Å². The normalized spacial score (nSPS) is 15.5. The van der Waals surface area contributed by atoms with Crippen molar-refractivity contribution in [3.05, 3.63) is 30.3 Å². The predicted octanol–water partition coefficient (Wildman–Crippen LogP) is 3.09. The molecule has 4 rings (SSSR count). The van der Waals surface area contributed by atoms with Gasteiger partial charge in [-0.2, -0.15) is 5.10 Å². The maximum atomic E-state index is 14.3. The number of ether oxygens (including phenoxy) is 1. The second-order valence-corrected chi connectivity index (χ2v) is 7.25. The standard InChI is InChI=1S/C20H25FN6O/c1-4-26-5-7-27(8-6-26)19-11-17(22-12-23-19)20-14-9-18(28-13(2)3)15(21)10-16(14)24-25-20/h9-13H,4-8H2,1-3H3,(H,24,25). The lowest BCUT2D eigenvalue weighted by atomic mass is 10.1. The van der Waals surface area contributed by atoms with Gasteiger partial charge in [0, 0.05) is 43.7 Å². The summed E-state index contributed by atoms with van der Waals surface area (Å²) >= 11 is 0. The average Bonchev–Trinajstić information content (AvgIpc) is 3.10. The first kappa shape index (κ1) is 18.6. The van der Waals surface area contributed by atoms with Crippen molar-refractivity contribution in [2.75, 3.05) is 37.6 Å². The minimum atomic E-state index is -0.409. The van der Waals surface area contributed by atoms with E-state index in [-0.39, 0.29) is 11.9 Å². The maximum absolute atomic E-state index is 14.3. The summed E-state index contributed by atoms with van der Waals surface area (Å²) in [6, 6.07) is 5.05. The van der Waals surface area contributed by atoms with Gasteiger partial charge in [0.2, 0.25) is 0 Å². The number of hydrogen-bond donors (Lipinski definition) is 1. The van der Waals surface area contributed by atoms with Gasteiger partial charge in [0.1, 0.15) is 17.8 Å². The molecule has 0 amide bonds. The van der Waals surface area contributed by atoms with Crippen molar-refractivity contribution in [3.8, 4) is 17.1 Å². The maximum Gasteiger partial charge on any atom is 0.167 e. The number of H-pyrrole nitrogens is 1. The fourth-order valence-corrected chi connectivity index (χ4v) is 3.50. The lowest BCUT2D eigenvalue weighted by Gasteiger charge is -2.34. The molecule has 2 aromatic heterocycles. The van der Waals surface area contributed by atoms with E-state index in [4.69, 9.17) is 4.74 Å². The summed E-state index contributed by atoms with van der Waals surface area (Å²) in [6.07, 6.45) is 1.45. The van der Waals surface area contributed by atoms with Crippen LogP contribution < -0.4 is 9.64 Å². The molecule has 1 saturated heterocycles. The van der Waals surface area contributed by atoms with E-state index in [1.165, 1.54) is 6.07 Å². The smallest absolute Gasteiger partial charge is 0.167 e. The molecule has 1 N–H and O–H groups in total. The van der Waals surface area contributed by atoms with Gasteiger partial charge in [-0.15, -0.1) is 0 Å². The minimum absolute atomic E-state index is 0.116. The van der Waals surface area contributed by atoms with Crippen molar-refractivity contribution in [2.45, 2.75) is 26.9 Å². The summed E-state index contributed by atoms with van der Waals surface area (Å²) in [5.74, 6) is 0.696. The molecule has 1 aromatic carbocycles. The molecule has 7 nitrogen and oxygen atoms in total. The first-order valence-corrected chi connectivity index (χ1v) is 9.69. The van der Waals surface area contributed by atoms with Crippen LogP contribution in [0.5, 0.6) is 5.75 Å². The number of nitrogens with zero attached hydrogens (tertiary/aromatic N) is 5. The third kappa shape index (κ3) is 3.64. The van der Waals surface area contributed by atoms with Gasteiger partial charge in [-0.1, -0.05) is 6.92 Å². The Balaban J connectivity index is 1.67. The van der Waals surface area contributed by atoms with Crippen molar-refractivity contribution < 1.29 is 9.13 Å². The molecule has 0 radical (unpaired) electrons. The number of piperazine rings is 1. The van der Waals surface area contributed by atoms with Gasteiger partial charge in [-0.05, 0) is 26.5 Å². The molecule has 0 unspecified atom stereocenters. The van der Waals surface area contributed by atoms with Crippen LogP contribution >= 0.6 is 0 Å². The Morgan fingerprint density at radius 2 is 1.93 bits per heavy atom. The molecule has 1 fully saturated rings. The van der Waals surface area contributed by atoms with E-state index < -0.39 is 5.82 Å². The third-order valence-electron chi connectivity index (χ3n) is 5.02. The molecular weight excluding hydrogens is 359 g/mol. The van der Waals surface area contributed by atoms with E-state index in [1.54, 1.807) is 12.4 Å². The van der Waals surface area contributed by atoms with Crippen LogP contribution in [0.25, 0.3) is 22.3 Å². The van der Waals surface area contributed by atoms with Gasteiger partial charge in [0.05, 0.1) is 17.3 Å². The number of aromatic amines is 1. The summed E-state index contributed by atoms with van der Waals surface area (Å²) in [5, 5.41) is 8.04. The third-order valence-corrected chi connectivity index (χ3v) is 5.02. The SMILES string of the molecule is CCN1CCN(c2cc(-c3n[nH]c4cc(F)c(OC(C)C)cc34)ncn2)CC1. The monoisotopic (exact) mass is 384 g/mol. The van der Waals surface area contributed by atoms with Crippen LogP contribution in [0.15, 0.2) is 24.5 Å². The Kier molecular flexibility index (Phi) is 5.13. The van der Waals surface area contributed by atoms with Gasteiger partial charge < -0.3 is 14.5 Å². The number of anilines is 1. The Morgan fingerprint density at radius 1 is 1.14 bits per heavy atom. The molecule has 28 heavy (non-hydrogen) atoms. The largest absolute Gasteiger partial charge is 0.488 e. The quantitative estimate of drug-likeness (QED) is 0.729. The highest BCUT2D eigenvalue weighted by molar-refractivity contribution is 5.93. The van der Waals surface area contributed by atoms with Gasteiger partial charge in [-0.25, -0.2) is 14.4 Å². The zero-order valence-corrected chi connectivity index (χ0v) is 16.4. The second-order valence-electron chi connectivity index (χ2n) is 7.25. The van der Waals surface area contributed by atoms with Crippen LogP contribution in [0, 0.1) is 5.82 Å². The van der Waals surface area contributed by atoms with E-state index >= 15 is 0 Å². The highest BCUT2D eigenvalue weighted by atomic mass is 19.1. The number of benzene rings is 1. The highest BCUT2D eigenvalue weighted by Crippen LogP contribution is 2.31. The molecule has 3 heterocycles. The fourth-order valence-electron chi connectivity index (χ4n) is 3.50. The lowest BCUT2D eigenvalue weighted by Crippen LogP contribution is -2.46. The first-order valence-electron chi connectivity index (χ1n) is 9.69. The van der Waals surface area contributed by atoms with E-state index in [0.717, 1.165) is 43.9 Å². The molecule has 0 bridgehead atoms. The van der Waals surface area contributed by atoms with E-state index in [9.17, 15) is 4.39 Å². The summed E-state index contributed by atoms with van der Waals surface area (Å²) < 4.78 is 19.8. The number of aromatic nitrogens is 4. The Hall–Kier alpha value is -2.74. The molecule has 0 aliphatic carbocycles. The predicted molar refractivity (Wildman–Crippen MR) is 107 cm³/mol. The molecule has 148 valence electrons. The van der Waals surface area contributed by atoms with Crippen LogP contribution in [0.4, 0.5) is 10.2 Å². The molecule has 1 aliphatic rings. The van der Waals surface area contributed by atoms with Crippen LogP contribution in [0.2, 0.25) is 0 Å². The Labute approximate surface area is 163 Å². The molecule has 3 aromatic rings. The molecule has 0 atom stereocenters. The summed E-state index contributed by atoms with van der Waals surface area (Å²) in [7, 11) is 0. The van der Waals surface area contributed by atoms with Gasteiger partial charge in [0.25, 0.3) is 0 Å². The number of hydrogen-bond acceptors (Lipinski definition) is 6. The summed E-state index contributed by atoms with van der Waals surface area (Å²) in [4.78, 5) is 13.5. The van der Waals surface area contributed by atoms with Crippen LogP contribution in [-0.2, 0) is 0 Å². The lowest BCUT2D eigenvalue weighted by molar-refractivity contribution is 0.231. The zero-order chi connectivity index (χ0) is 19.7. The zero-order valence-electron chi connectivity index (χ0n) is 16.4. The summed E-state index contributed by atoms with van der Waals surface area (Å²) in [5.41, 5.74) is 1.98. The molecule has 0 spiro atoms. The number of rotatable bonds is 5. The Bertz CT molecular complexity index is 964. The van der Waals surface area contributed by atoms with Gasteiger partial charge >= 0.3 is 0 Å². The molecule has 0 saturated carbocycles. The first-order chi connectivity index (χ1) is 13.5. The van der Waals surface area contributed by atoms with Crippen LogP contribution in [-0.4, -0.2) is 63.9 Å². The number of likely N-dealkylation sites (N-methyl/N-ethyl adjacent to an activating group) is 1. The highest BCUT2D eigenvalue weighted by Gasteiger charge is 2.19. The van der Waals surface area contributed by atoms with Crippen molar-refractivity contribution in [2.24, 2.45) is 0 Å². The van der Waals surface area contributed by atoms with Crippen molar-refractivity contribution in [3.63, 3.8) is 0 Å². The fraction of sp³-hybridized carbons (Fsp3) is 0.450. The van der Waals surface area contributed by atoms with Gasteiger partial charge in [0.15, 0.2) is 11.6 Å². The number of halogens is 1. The van der Waals surface area contributed by atoms with Crippen molar-refractivity contribution in [1.29, 1.82) is 0 Å². The van der Waals surface area contributed by atoms with E-state index in [2.05, 4.69) is 36.9 Å². The van der Waals surface area contributed by atoms with Crippen LogP contribution in [0.1, 0.15) is 20.8 Å². The van der Waals surface area contributed by atoms with E-state index in [0.29, 0.717) is 16.9 Å². The topological polar surface area (TPSA) is 70.2 Å². The van der Waals surface area contributed by atoms with Crippen LogP contribution in [0.3, 0.4) is 0 Å². The minimum Gasteiger partial charge on any atom is -0.488 e. The Morgan fingerprint density at radius 3 is 2.64 bits per heavy atom. The number of fused-ring (bicyclic) bond motifs is 1. The molecule has 1 aliphatic heterocycles. The summed E-state index contributed by atoms with van der Waals surface area (Å²) in [6.45, 7) is 10.9. The van der Waals surface area contributed by atoms with E-state index in [1.807, 2.05) is 19.9 Å². The second kappa shape index (κ2) is 7.71.